The van der Waals surface area contributed by atoms with E-state index in [1.165, 1.54) is 5.56 Å². The zero-order valence-corrected chi connectivity index (χ0v) is 12.4. The van der Waals surface area contributed by atoms with Crippen molar-refractivity contribution in [2.45, 2.75) is 38.4 Å². The van der Waals surface area contributed by atoms with Crippen LogP contribution in [0.2, 0.25) is 0 Å². The highest BCUT2D eigenvalue weighted by Gasteiger charge is 2.31. The van der Waals surface area contributed by atoms with Crippen molar-refractivity contribution in [1.29, 1.82) is 0 Å². The first-order valence-electron chi connectivity index (χ1n) is 7.60. The largest absolute Gasteiger partial charge is 0.389 e. The zero-order valence-electron chi connectivity index (χ0n) is 12.4. The van der Waals surface area contributed by atoms with Crippen LogP contribution in [0.5, 0.6) is 0 Å². The van der Waals surface area contributed by atoms with E-state index in [4.69, 9.17) is 0 Å². The predicted octanol–water partition coefficient (Wildman–Crippen LogP) is 3.54. The molecule has 2 nitrogen and oxygen atoms in total. The average Bonchev–Trinajstić information content (AvgIpc) is 2.48. The fraction of sp³-hybridized carbons (Fsp3) is 0.625. The van der Waals surface area contributed by atoms with Gasteiger partial charge < -0.3 is 5.32 Å². The first-order chi connectivity index (χ1) is 9.99. The molecule has 0 radical (unpaired) electrons. The topological polar surface area (TPSA) is 15.3 Å². The van der Waals surface area contributed by atoms with Crippen molar-refractivity contribution in [1.82, 2.24) is 10.2 Å². The van der Waals surface area contributed by atoms with Gasteiger partial charge in [-0.3, -0.25) is 4.90 Å². The smallest absolute Gasteiger partial charge is 0.314 e. The number of nitrogens with one attached hydrogen (secondary N) is 1. The van der Waals surface area contributed by atoms with Crippen molar-refractivity contribution < 1.29 is 13.2 Å². The van der Waals surface area contributed by atoms with Gasteiger partial charge >= 0.3 is 6.18 Å². The second-order valence-electron chi connectivity index (χ2n) is 5.55. The Morgan fingerprint density at radius 2 is 1.76 bits per heavy atom. The van der Waals surface area contributed by atoms with Crippen LogP contribution in [0.4, 0.5) is 13.2 Å². The number of benzene rings is 1. The van der Waals surface area contributed by atoms with Crippen LogP contribution in [0.1, 0.15) is 36.9 Å². The Morgan fingerprint density at radius 1 is 1.14 bits per heavy atom. The molecule has 5 heteroatoms. The Bertz CT molecular complexity index is 422. The van der Waals surface area contributed by atoms with Crippen LogP contribution in [-0.4, -0.2) is 37.3 Å². The molecule has 0 unspecified atom stereocenters. The van der Waals surface area contributed by atoms with Gasteiger partial charge in [-0.05, 0) is 24.0 Å². The van der Waals surface area contributed by atoms with Crippen LogP contribution < -0.4 is 5.32 Å². The van der Waals surface area contributed by atoms with Gasteiger partial charge in [0.2, 0.25) is 0 Å². The summed E-state index contributed by atoms with van der Waals surface area (Å²) >= 11 is 0. The Hall–Kier alpha value is -1.07. The number of piperazine rings is 1. The van der Waals surface area contributed by atoms with Gasteiger partial charge in [-0.25, -0.2) is 0 Å². The van der Waals surface area contributed by atoms with Gasteiger partial charge in [0.15, 0.2) is 0 Å². The summed E-state index contributed by atoms with van der Waals surface area (Å²) < 4.78 is 37.8. The molecule has 0 amide bonds. The van der Waals surface area contributed by atoms with Gasteiger partial charge in [0.1, 0.15) is 0 Å². The maximum Gasteiger partial charge on any atom is 0.389 e. The molecule has 21 heavy (non-hydrogen) atoms. The zero-order chi connectivity index (χ0) is 15.3. The highest BCUT2D eigenvalue weighted by Crippen LogP contribution is 2.31. The third-order valence-corrected chi connectivity index (χ3v) is 4.07. The van der Waals surface area contributed by atoms with Gasteiger partial charge in [-0.15, -0.1) is 0 Å². The van der Waals surface area contributed by atoms with E-state index in [0.717, 1.165) is 38.2 Å². The van der Waals surface area contributed by atoms with Gasteiger partial charge in [0.05, 0.1) is 0 Å². The second kappa shape index (κ2) is 7.27. The van der Waals surface area contributed by atoms with Crippen molar-refractivity contribution >= 4 is 0 Å². The molecule has 1 heterocycles. The molecule has 1 aromatic rings. The third-order valence-electron chi connectivity index (χ3n) is 4.07. The van der Waals surface area contributed by atoms with Crippen LogP contribution in [0.15, 0.2) is 24.3 Å². The van der Waals surface area contributed by atoms with Crippen LogP contribution in [0.25, 0.3) is 0 Å². The monoisotopic (exact) mass is 300 g/mol. The lowest BCUT2D eigenvalue weighted by atomic mass is 9.97. The molecule has 2 rings (SSSR count). The third kappa shape index (κ3) is 5.00. The molecule has 1 fully saturated rings. The quantitative estimate of drug-likeness (QED) is 0.895. The van der Waals surface area contributed by atoms with E-state index in [2.05, 4.69) is 17.1 Å². The van der Waals surface area contributed by atoms with E-state index in [1.807, 2.05) is 24.3 Å². The lowest BCUT2D eigenvalue weighted by Crippen LogP contribution is -2.45. The molecule has 1 saturated heterocycles. The normalized spacial score (nSPS) is 18.7. The van der Waals surface area contributed by atoms with E-state index in [9.17, 15) is 13.2 Å². The minimum atomic E-state index is -4.09. The molecule has 1 atom stereocenters. The van der Waals surface area contributed by atoms with Gasteiger partial charge in [0.25, 0.3) is 0 Å². The Labute approximate surface area is 124 Å². The fourth-order valence-electron chi connectivity index (χ4n) is 2.83. The molecule has 1 N–H and O–H groups in total. The van der Waals surface area contributed by atoms with Crippen LogP contribution in [0, 0.1) is 0 Å². The number of halogens is 3. The van der Waals surface area contributed by atoms with E-state index in [-0.39, 0.29) is 12.5 Å². The molecule has 118 valence electrons. The van der Waals surface area contributed by atoms with E-state index >= 15 is 0 Å². The summed E-state index contributed by atoms with van der Waals surface area (Å²) in [5, 5.41) is 3.25. The average molecular weight is 300 g/mol. The first-order valence-corrected chi connectivity index (χ1v) is 7.60. The summed E-state index contributed by atoms with van der Waals surface area (Å²) in [6.07, 6.45) is -3.73. The standard InChI is InChI=1S/C16H23F3N2/c1-2-13-3-5-14(6-4-13)15(7-8-16(17,18)19)21-11-9-20-10-12-21/h3-6,15,20H,2,7-12H2,1H3/t15-/m1/s1. The van der Waals surface area contributed by atoms with Crippen molar-refractivity contribution in [2.24, 2.45) is 0 Å². The predicted molar refractivity (Wildman–Crippen MR) is 78.3 cm³/mol. The lowest BCUT2D eigenvalue weighted by molar-refractivity contribution is -0.138. The molecule has 0 bridgehead atoms. The number of rotatable bonds is 5. The Balaban J connectivity index is 2.12. The summed E-state index contributed by atoms with van der Waals surface area (Å²) in [6.45, 7) is 5.37. The Morgan fingerprint density at radius 3 is 2.29 bits per heavy atom. The van der Waals surface area contributed by atoms with Crippen molar-refractivity contribution in [3.63, 3.8) is 0 Å². The number of hydrogen-bond donors (Lipinski definition) is 1. The maximum absolute atomic E-state index is 12.6. The number of hydrogen-bond acceptors (Lipinski definition) is 2. The van der Waals surface area contributed by atoms with Gasteiger partial charge in [-0.1, -0.05) is 31.2 Å². The second-order valence-corrected chi connectivity index (χ2v) is 5.55. The lowest BCUT2D eigenvalue weighted by Gasteiger charge is -2.35. The molecule has 0 spiro atoms. The molecule has 1 aliphatic heterocycles. The maximum atomic E-state index is 12.6. The SMILES string of the molecule is CCc1ccc([C@@H](CCC(F)(F)F)N2CCNCC2)cc1. The van der Waals surface area contributed by atoms with Gasteiger partial charge in [-0.2, -0.15) is 13.2 Å². The number of nitrogens with zero attached hydrogens (tertiary/aromatic N) is 1. The van der Waals surface area contributed by atoms with Crippen LogP contribution in [0.3, 0.4) is 0 Å². The molecule has 0 aliphatic carbocycles. The summed E-state index contributed by atoms with van der Waals surface area (Å²) in [5.41, 5.74) is 2.21. The van der Waals surface area contributed by atoms with Crippen LogP contribution in [-0.2, 0) is 6.42 Å². The minimum absolute atomic E-state index is 0.134. The number of aryl methyl sites for hydroxylation is 1. The molecule has 1 aromatic carbocycles. The molecular formula is C16H23F3N2. The van der Waals surface area contributed by atoms with Crippen LogP contribution >= 0.6 is 0 Å². The fourth-order valence-corrected chi connectivity index (χ4v) is 2.83. The van der Waals surface area contributed by atoms with Gasteiger partial charge in [0, 0.05) is 38.6 Å². The summed E-state index contributed by atoms with van der Waals surface area (Å²) in [4.78, 5) is 2.17. The highest BCUT2D eigenvalue weighted by atomic mass is 19.4. The van der Waals surface area contributed by atoms with E-state index in [1.54, 1.807) is 0 Å². The molecule has 1 aliphatic rings. The highest BCUT2D eigenvalue weighted by molar-refractivity contribution is 5.25. The van der Waals surface area contributed by atoms with Crippen molar-refractivity contribution in [2.75, 3.05) is 26.2 Å². The van der Waals surface area contributed by atoms with E-state index in [0.29, 0.717) is 0 Å². The molecular weight excluding hydrogens is 277 g/mol. The summed E-state index contributed by atoms with van der Waals surface area (Å²) in [5.74, 6) is 0. The first kappa shape index (κ1) is 16.3. The molecule has 0 aromatic heterocycles. The Kier molecular flexibility index (Phi) is 5.65. The summed E-state index contributed by atoms with van der Waals surface area (Å²) in [7, 11) is 0. The summed E-state index contributed by atoms with van der Waals surface area (Å²) in [6, 6.07) is 7.89. The minimum Gasteiger partial charge on any atom is -0.314 e. The van der Waals surface area contributed by atoms with Crippen molar-refractivity contribution in [3.05, 3.63) is 35.4 Å². The van der Waals surface area contributed by atoms with Crippen molar-refractivity contribution in [3.8, 4) is 0 Å². The van der Waals surface area contributed by atoms with E-state index < -0.39 is 12.6 Å². The molecule has 0 saturated carbocycles. The number of alkyl halides is 3.